The summed E-state index contributed by atoms with van der Waals surface area (Å²) < 4.78 is 0. The zero-order valence-corrected chi connectivity index (χ0v) is 19.3. The number of carbonyl (C=O) groups is 2. The van der Waals surface area contributed by atoms with Gasteiger partial charge in [-0.15, -0.1) is 23.1 Å². The molecule has 1 fully saturated rings. The minimum Gasteiger partial charge on any atom is -0.354 e. The van der Waals surface area contributed by atoms with E-state index in [4.69, 9.17) is 11.6 Å². The van der Waals surface area contributed by atoms with Crippen molar-refractivity contribution in [3.63, 3.8) is 0 Å². The van der Waals surface area contributed by atoms with Crippen LogP contribution in [0.5, 0.6) is 0 Å². The largest absolute Gasteiger partial charge is 0.354 e. The van der Waals surface area contributed by atoms with E-state index < -0.39 is 5.25 Å². The number of carbonyl (C=O) groups excluding carboxylic acids is 2. The molecule has 1 aromatic carbocycles. The molecule has 2 aromatic rings. The smallest absolute Gasteiger partial charge is 0.238 e. The summed E-state index contributed by atoms with van der Waals surface area (Å²) in [5.74, 6) is 0.524. The van der Waals surface area contributed by atoms with Crippen LogP contribution in [0.3, 0.4) is 0 Å². The zero-order valence-electron chi connectivity index (χ0n) is 16.9. The molecule has 2 amide bonds. The highest BCUT2D eigenvalue weighted by molar-refractivity contribution is 8.01. The third-order valence-corrected chi connectivity index (χ3v) is 8.24. The molecule has 0 radical (unpaired) electrons. The summed E-state index contributed by atoms with van der Waals surface area (Å²) >= 11 is 9.16. The van der Waals surface area contributed by atoms with Gasteiger partial charge in [0.2, 0.25) is 11.8 Å². The molecule has 0 saturated carbocycles. The Labute approximate surface area is 190 Å². The van der Waals surface area contributed by atoms with E-state index in [-0.39, 0.29) is 24.3 Å². The van der Waals surface area contributed by atoms with Crippen LogP contribution in [0.2, 0.25) is 5.02 Å². The average molecular weight is 464 g/mol. The van der Waals surface area contributed by atoms with E-state index in [0.717, 1.165) is 23.9 Å². The van der Waals surface area contributed by atoms with Crippen molar-refractivity contribution in [2.45, 2.75) is 42.4 Å². The lowest BCUT2D eigenvalue weighted by Crippen LogP contribution is -2.42. The van der Waals surface area contributed by atoms with Gasteiger partial charge in [-0.1, -0.05) is 24.6 Å². The van der Waals surface area contributed by atoms with E-state index in [2.05, 4.69) is 40.0 Å². The fourth-order valence-corrected chi connectivity index (χ4v) is 6.06. The highest BCUT2D eigenvalue weighted by atomic mass is 35.5. The van der Waals surface area contributed by atoms with Crippen LogP contribution < -0.4 is 10.6 Å². The number of hydrogen-bond acceptors (Lipinski definition) is 5. The monoisotopic (exact) mass is 463 g/mol. The van der Waals surface area contributed by atoms with Gasteiger partial charge < -0.3 is 10.6 Å². The van der Waals surface area contributed by atoms with Crippen molar-refractivity contribution < 1.29 is 9.59 Å². The number of nitrogens with one attached hydrogen (secondary N) is 2. The van der Waals surface area contributed by atoms with Crippen molar-refractivity contribution in [2.24, 2.45) is 5.92 Å². The number of likely N-dealkylation sites (tertiary alicyclic amines) is 1. The molecule has 4 rings (SSSR count). The van der Waals surface area contributed by atoms with Crippen LogP contribution >= 0.6 is 34.7 Å². The Balaban J connectivity index is 1.36. The fraction of sp³-hybridized carbons (Fsp3) is 0.455. The molecule has 3 heterocycles. The van der Waals surface area contributed by atoms with Crippen molar-refractivity contribution in [3.8, 4) is 0 Å². The molecule has 0 bridgehead atoms. The lowest BCUT2D eigenvalue weighted by molar-refractivity contribution is -0.124. The predicted octanol–water partition coefficient (Wildman–Crippen LogP) is 4.79. The first-order chi connectivity index (χ1) is 14.5. The molecular weight excluding hydrogens is 438 g/mol. The Bertz CT molecular complexity index is 898. The predicted molar refractivity (Wildman–Crippen MR) is 124 cm³/mol. The van der Waals surface area contributed by atoms with Crippen molar-refractivity contribution in [1.82, 2.24) is 10.2 Å². The summed E-state index contributed by atoms with van der Waals surface area (Å²) in [4.78, 5) is 29.8. The Morgan fingerprint density at radius 3 is 2.87 bits per heavy atom. The second-order valence-corrected chi connectivity index (χ2v) is 10.7. The molecule has 30 heavy (non-hydrogen) atoms. The second kappa shape index (κ2) is 9.73. The summed E-state index contributed by atoms with van der Waals surface area (Å²) in [5.41, 5.74) is 0.714. The van der Waals surface area contributed by atoms with Crippen LogP contribution in [0, 0.1) is 5.92 Å². The van der Waals surface area contributed by atoms with E-state index in [0.29, 0.717) is 17.3 Å². The van der Waals surface area contributed by atoms with Crippen LogP contribution in [0.25, 0.3) is 0 Å². The van der Waals surface area contributed by atoms with Crippen LogP contribution in [-0.4, -0.2) is 41.6 Å². The summed E-state index contributed by atoms with van der Waals surface area (Å²) in [6.45, 7) is 4.98. The third-order valence-electron chi connectivity index (χ3n) is 5.76. The van der Waals surface area contributed by atoms with Gasteiger partial charge in [-0.3, -0.25) is 14.5 Å². The lowest BCUT2D eigenvalue weighted by Gasteiger charge is -2.36. The molecule has 2 aliphatic heterocycles. The number of halogens is 1. The van der Waals surface area contributed by atoms with Gasteiger partial charge in [0.25, 0.3) is 0 Å². The van der Waals surface area contributed by atoms with Crippen LogP contribution in [-0.2, 0) is 9.59 Å². The van der Waals surface area contributed by atoms with E-state index in [1.165, 1.54) is 29.5 Å². The standard InChI is InChI=1S/C22H26ClN3O2S2/c1-14-6-8-26(9-7-14)17(19-3-2-10-29-19)13-24-21(27)12-20-22(28)25-16-11-15(23)4-5-18(16)30-20/h2-5,10-11,14,17,20H,6-9,12-13H2,1H3,(H,24,27)(H,25,28). The summed E-state index contributed by atoms with van der Waals surface area (Å²) in [6, 6.07) is 9.82. The Hall–Kier alpha value is -1.54. The minimum atomic E-state index is -0.435. The highest BCUT2D eigenvalue weighted by Crippen LogP contribution is 2.38. The number of nitrogens with zero attached hydrogens (tertiary/aromatic N) is 1. The Morgan fingerprint density at radius 2 is 2.13 bits per heavy atom. The van der Waals surface area contributed by atoms with Crippen LogP contribution in [0.1, 0.15) is 37.1 Å². The number of fused-ring (bicyclic) bond motifs is 1. The molecule has 0 aliphatic carbocycles. The van der Waals surface area contributed by atoms with Crippen LogP contribution in [0.15, 0.2) is 40.6 Å². The first-order valence-corrected chi connectivity index (χ1v) is 12.4. The molecule has 8 heteroatoms. The van der Waals surface area contributed by atoms with Gasteiger partial charge >= 0.3 is 0 Å². The third kappa shape index (κ3) is 5.19. The first kappa shape index (κ1) is 21.7. The van der Waals surface area contributed by atoms with E-state index in [1.807, 2.05) is 6.07 Å². The number of anilines is 1. The molecule has 1 aromatic heterocycles. The van der Waals surface area contributed by atoms with Gasteiger partial charge in [-0.05, 0) is 61.5 Å². The first-order valence-electron chi connectivity index (χ1n) is 10.3. The van der Waals surface area contributed by atoms with E-state index in [1.54, 1.807) is 23.5 Å². The number of benzene rings is 1. The number of amides is 2. The average Bonchev–Trinajstić information content (AvgIpc) is 3.25. The number of piperidine rings is 1. The van der Waals surface area contributed by atoms with Gasteiger partial charge in [0.1, 0.15) is 0 Å². The molecule has 1 saturated heterocycles. The quantitative estimate of drug-likeness (QED) is 0.646. The molecule has 2 N–H and O–H groups in total. The van der Waals surface area contributed by atoms with Gasteiger partial charge in [-0.25, -0.2) is 0 Å². The number of thiophene rings is 1. The van der Waals surface area contributed by atoms with Gasteiger partial charge in [0.05, 0.1) is 17.0 Å². The van der Waals surface area contributed by atoms with Gasteiger partial charge in [0.15, 0.2) is 0 Å². The van der Waals surface area contributed by atoms with Crippen molar-refractivity contribution in [3.05, 3.63) is 45.6 Å². The summed E-state index contributed by atoms with van der Waals surface area (Å²) in [5, 5.41) is 8.19. The van der Waals surface area contributed by atoms with Crippen molar-refractivity contribution >= 4 is 52.2 Å². The fourth-order valence-electron chi connectivity index (χ4n) is 3.94. The van der Waals surface area contributed by atoms with Crippen molar-refractivity contribution in [2.75, 3.05) is 25.0 Å². The Morgan fingerprint density at radius 1 is 1.33 bits per heavy atom. The lowest BCUT2D eigenvalue weighted by atomic mass is 9.97. The molecular formula is C22H26ClN3O2S2. The molecule has 160 valence electrons. The summed E-state index contributed by atoms with van der Waals surface area (Å²) in [6.07, 6.45) is 2.54. The van der Waals surface area contributed by atoms with E-state index >= 15 is 0 Å². The highest BCUT2D eigenvalue weighted by Gasteiger charge is 2.30. The molecule has 5 nitrogen and oxygen atoms in total. The maximum Gasteiger partial charge on any atom is 0.238 e. The van der Waals surface area contributed by atoms with E-state index in [9.17, 15) is 9.59 Å². The summed E-state index contributed by atoms with van der Waals surface area (Å²) in [7, 11) is 0. The van der Waals surface area contributed by atoms with Crippen molar-refractivity contribution in [1.29, 1.82) is 0 Å². The number of thioether (sulfide) groups is 1. The maximum absolute atomic E-state index is 12.7. The number of rotatable bonds is 6. The zero-order chi connectivity index (χ0) is 21.1. The topological polar surface area (TPSA) is 61.4 Å². The van der Waals surface area contributed by atoms with Gasteiger partial charge in [0, 0.05) is 27.8 Å². The molecule has 2 unspecified atom stereocenters. The normalized spacial score (nSPS) is 21.0. The van der Waals surface area contributed by atoms with Crippen LogP contribution in [0.4, 0.5) is 5.69 Å². The number of hydrogen-bond donors (Lipinski definition) is 2. The molecule has 2 aliphatic rings. The maximum atomic E-state index is 12.7. The SMILES string of the molecule is CC1CCN(C(CNC(=O)CC2Sc3ccc(Cl)cc3NC2=O)c2cccs2)CC1. The molecule has 0 spiro atoms. The second-order valence-electron chi connectivity index (χ2n) is 7.99. The molecule has 2 atom stereocenters. The Kier molecular flexibility index (Phi) is 7.03. The minimum absolute atomic E-state index is 0.0907. The van der Waals surface area contributed by atoms with Gasteiger partial charge in [-0.2, -0.15) is 0 Å².